The van der Waals surface area contributed by atoms with E-state index < -0.39 is 6.10 Å². The third kappa shape index (κ3) is 5.57. The van der Waals surface area contributed by atoms with E-state index >= 15 is 0 Å². The van der Waals surface area contributed by atoms with Gasteiger partial charge >= 0.3 is 0 Å². The lowest BCUT2D eigenvalue weighted by molar-refractivity contribution is -0.122. The highest BCUT2D eigenvalue weighted by Gasteiger charge is 2.23. The van der Waals surface area contributed by atoms with Crippen molar-refractivity contribution < 1.29 is 14.3 Å². The van der Waals surface area contributed by atoms with Gasteiger partial charge in [-0.1, -0.05) is 35.9 Å². The van der Waals surface area contributed by atoms with Crippen LogP contribution in [0, 0.1) is 6.92 Å². The van der Waals surface area contributed by atoms with Gasteiger partial charge in [-0.05, 0) is 51.5 Å². The first-order valence-corrected chi connectivity index (χ1v) is 9.90. The lowest BCUT2D eigenvalue weighted by Gasteiger charge is -2.35. The largest absolute Gasteiger partial charge is 0.481 e. The van der Waals surface area contributed by atoms with Gasteiger partial charge in [0, 0.05) is 25.3 Å². The molecule has 3 rings (SSSR count). The van der Waals surface area contributed by atoms with E-state index in [0.717, 1.165) is 36.4 Å². The fourth-order valence-corrected chi connectivity index (χ4v) is 3.54. The highest BCUT2D eigenvalue weighted by Crippen LogP contribution is 2.21. The lowest BCUT2D eigenvalue weighted by atomic mass is 10.1. The number of anilines is 1. The van der Waals surface area contributed by atoms with Gasteiger partial charge in [0.2, 0.25) is 0 Å². The van der Waals surface area contributed by atoms with Crippen LogP contribution >= 0.6 is 0 Å². The number of rotatable bonds is 6. The SMILES string of the molecule is Cc1ccc(OC(C)C(=O)Nc2ccccc2CN2CC(C)OC(C)C2)cc1. The topological polar surface area (TPSA) is 50.8 Å². The summed E-state index contributed by atoms with van der Waals surface area (Å²) in [6, 6.07) is 15.7. The van der Waals surface area contributed by atoms with Crippen LogP contribution in [0.5, 0.6) is 5.75 Å². The van der Waals surface area contributed by atoms with Crippen LogP contribution in [0.1, 0.15) is 31.9 Å². The number of carbonyl (C=O) groups excluding carboxylic acids is 1. The first-order valence-electron chi connectivity index (χ1n) is 9.90. The van der Waals surface area contributed by atoms with Crippen molar-refractivity contribution in [2.24, 2.45) is 0 Å². The van der Waals surface area contributed by atoms with E-state index in [1.54, 1.807) is 6.92 Å². The maximum atomic E-state index is 12.7. The molecule has 1 fully saturated rings. The molecule has 1 aliphatic rings. The second-order valence-corrected chi connectivity index (χ2v) is 7.67. The van der Waals surface area contributed by atoms with Gasteiger partial charge in [-0.15, -0.1) is 0 Å². The van der Waals surface area contributed by atoms with Crippen LogP contribution in [-0.2, 0) is 16.1 Å². The lowest BCUT2D eigenvalue weighted by Crippen LogP contribution is -2.45. The third-order valence-electron chi connectivity index (χ3n) is 4.87. The van der Waals surface area contributed by atoms with Crippen LogP contribution < -0.4 is 10.1 Å². The summed E-state index contributed by atoms with van der Waals surface area (Å²) < 4.78 is 11.6. The van der Waals surface area contributed by atoms with Gasteiger partial charge in [0.1, 0.15) is 5.75 Å². The standard InChI is InChI=1S/C23H30N2O3/c1-16-9-11-21(12-10-16)28-19(4)23(26)24-22-8-6-5-7-20(22)15-25-13-17(2)27-18(3)14-25/h5-12,17-19H,13-15H2,1-4H3,(H,24,26). The molecule has 2 aromatic carbocycles. The van der Waals surface area contributed by atoms with Crippen LogP contribution in [0.3, 0.4) is 0 Å². The van der Waals surface area contributed by atoms with Crippen LogP contribution in [0.2, 0.25) is 0 Å². The van der Waals surface area contributed by atoms with Crippen LogP contribution in [0.25, 0.3) is 0 Å². The first kappa shape index (κ1) is 20.4. The molecule has 0 aliphatic carbocycles. The van der Waals surface area contributed by atoms with E-state index in [2.05, 4.69) is 30.1 Å². The highest BCUT2D eigenvalue weighted by molar-refractivity contribution is 5.94. The molecule has 0 spiro atoms. The summed E-state index contributed by atoms with van der Waals surface area (Å²) in [6.07, 6.45) is -0.152. The molecule has 2 aromatic rings. The fourth-order valence-electron chi connectivity index (χ4n) is 3.54. The molecular weight excluding hydrogens is 352 g/mol. The molecule has 3 atom stereocenters. The summed E-state index contributed by atoms with van der Waals surface area (Å²) in [5.74, 6) is 0.537. The molecule has 0 aromatic heterocycles. The summed E-state index contributed by atoms with van der Waals surface area (Å²) in [7, 11) is 0. The van der Waals surface area contributed by atoms with Gasteiger partial charge in [0.15, 0.2) is 6.10 Å². The van der Waals surface area contributed by atoms with Gasteiger partial charge < -0.3 is 14.8 Å². The number of benzene rings is 2. The summed E-state index contributed by atoms with van der Waals surface area (Å²) >= 11 is 0. The molecule has 1 heterocycles. The van der Waals surface area contributed by atoms with Gasteiger partial charge in [-0.2, -0.15) is 0 Å². The van der Waals surface area contributed by atoms with Gasteiger partial charge in [0.25, 0.3) is 5.91 Å². The predicted octanol–water partition coefficient (Wildman–Crippen LogP) is 4.01. The minimum absolute atomic E-state index is 0.156. The van der Waals surface area contributed by atoms with Crippen molar-refractivity contribution in [2.45, 2.75) is 52.6 Å². The molecule has 5 nitrogen and oxygen atoms in total. The van der Waals surface area contributed by atoms with Crippen molar-refractivity contribution in [2.75, 3.05) is 18.4 Å². The zero-order valence-electron chi connectivity index (χ0n) is 17.1. The zero-order valence-corrected chi connectivity index (χ0v) is 17.1. The zero-order chi connectivity index (χ0) is 20.1. The monoisotopic (exact) mass is 382 g/mol. The van der Waals surface area contributed by atoms with Crippen molar-refractivity contribution in [3.8, 4) is 5.75 Å². The smallest absolute Gasteiger partial charge is 0.265 e. The van der Waals surface area contributed by atoms with E-state index in [1.807, 2.05) is 49.4 Å². The van der Waals surface area contributed by atoms with Gasteiger partial charge in [-0.25, -0.2) is 0 Å². The number of nitrogens with zero attached hydrogens (tertiary/aromatic N) is 1. The molecule has 1 saturated heterocycles. The molecule has 0 saturated carbocycles. The minimum atomic E-state index is -0.584. The van der Waals surface area contributed by atoms with Crippen LogP contribution in [-0.4, -0.2) is 42.2 Å². The van der Waals surface area contributed by atoms with E-state index in [9.17, 15) is 4.79 Å². The Bertz CT molecular complexity index is 781. The number of morpholine rings is 1. The molecule has 0 bridgehead atoms. The maximum absolute atomic E-state index is 12.7. The number of ether oxygens (including phenoxy) is 2. The predicted molar refractivity (Wildman–Crippen MR) is 112 cm³/mol. The van der Waals surface area contributed by atoms with E-state index in [4.69, 9.17) is 9.47 Å². The van der Waals surface area contributed by atoms with Crippen LogP contribution in [0.4, 0.5) is 5.69 Å². The molecule has 0 radical (unpaired) electrons. The van der Waals surface area contributed by atoms with E-state index in [1.165, 1.54) is 0 Å². The molecule has 1 aliphatic heterocycles. The molecular formula is C23H30N2O3. The van der Waals surface area contributed by atoms with Crippen molar-refractivity contribution in [1.82, 2.24) is 4.90 Å². The van der Waals surface area contributed by atoms with Gasteiger partial charge in [-0.3, -0.25) is 9.69 Å². The van der Waals surface area contributed by atoms with E-state index in [0.29, 0.717) is 5.75 Å². The molecule has 150 valence electrons. The normalized spacial score (nSPS) is 21.1. The maximum Gasteiger partial charge on any atom is 0.265 e. The molecule has 1 amide bonds. The number of hydrogen-bond acceptors (Lipinski definition) is 4. The Kier molecular flexibility index (Phi) is 6.70. The second-order valence-electron chi connectivity index (χ2n) is 7.67. The quantitative estimate of drug-likeness (QED) is 0.820. The number of aryl methyl sites for hydroxylation is 1. The summed E-state index contributed by atoms with van der Waals surface area (Å²) in [5.41, 5.74) is 3.09. The third-order valence-corrected chi connectivity index (χ3v) is 4.87. The molecule has 28 heavy (non-hydrogen) atoms. The molecule has 5 heteroatoms. The summed E-state index contributed by atoms with van der Waals surface area (Å²) in [4.78, 5) is 15.0. The number of amides is 1. The molecule has 1 N–H and O–H groups in total. The number of hydrogen-bond donors (Lipinski definition) is 1. The van der Waals surface area contributed by atoms with Crippen molar-refractivity contribution >= 4 is 11.6 Å². The number of para-hydroxylation sites is 1. The first-order chi connectivity index (χ1) is 13.4. The van der Waals surface area contributed by atoms with Gasteiger partial charge in [0.05, 0.1) is 12.2 Å². The van der Waals surface area contributed by atoms with Crippen LogP contribution in [0.15, 0.2) is 48.5 Å². The Balaban J connectivity index is 1.63. The van der Waals surface area contributed by atoms with Crippen molar-refractivity contribution in [1.29, 1.82) is 0 Å². The summed E-state index contributed by atoms with van der Waals surface area (Å²) in [5, 5.41) is 3.03. The Morgan fingerprint density at radius 1 is 1.14 bits per heavy atom. The van der Waals surface area contributed by atoms with Crippen molar-refractivity contribution in [3.05, 3.63) is 59.7 Å². The number of carbonyl (C=O) groups is 1. The Morgan fingerprint density at radius 2 is 1.79 bits per heavy atom. The Morgan fingerprint density at radius 3 is 2.46 bits per heavy atom. The average molecular weight is 383 g/mol. The molecule has 3 unspecified atom stereocenters. The summed E-state index contributed by atoms with van der Waals surface area (Å²) in [6.45, 7) is 10.5. The van der Waals surface area contributed by atoms with Crippen molar-refractivity contribution in [3.63, 3.8) is 0 Å². The number of nitrogens with one attached hydrogen (secondary N) is 1. The minimum Gasteiger partial charge on any atom is -0.481 e. The second kappa shape index (κ2) is 9.22. The average Bonchev–Trinajstić information content (AvgIpc) is 2.64. The Labute approximate surface area is 167 Å². The fraction of sp³-hybridized carbons (Fsp3) is 0.435. The highest BCUT2D eigenvalue weighted by atomic mass is 16.5. The van der Waals surface area contributed by atoms with E-state index in [-0.39, 0.29) is 18.1 Å². The Hall–Kier alpha value is -2.37.